The average molecular weight is 304 g/mol. The molecule has 0 amide bonds. The van der Waals surface area contributed by atoms with Crippen molar-refractivity contribution in [3.05, 3.63) is 28.9 Å². The molecule has 1 saturated carbocycles. The predicted octanol–water partition coefficient (Wildman–Crippen LogP) is 3.74. The van der Waals surface area contributed by atoms with Gasteiger partial charge in [0.1, 0.15) is 0 Å². The van der Waals surface area contributed by atoms with Crippen molar-refractivity contribution in [2.75, 3.05) is 0 Å². The first-order chi connectivity index (χ1) is 9.74. The van der Waals surface area contributed by atoms with E-state index < -0.39 is 0 Å². The van der Waals surface area contributed by atoms with Crippen LogP contribution in [0.1, 0.15) is 24.5 Å². The summed E-state index contributed by atoms with van der Waals surface area (Å²) in [5.74, 6) is 2.21. The number of hydrogen-bond acceptors (Lipinski definition) is 5. The summed E-state index contributed by atoms with van der Waals surface area (Å²) in [7, 11) is 1.92. The fraction of sp³-hybridized carbons (Fsp3) is 0.308. The molecule has 3 aromatic heterocycles. The van der Waals surface area contributed by atoms with Gasteiger partial charge in [0.25, 0.3) is 0 Å². The summed E-state index contributed by atoms with van der Waals surface area (Å²) in [4.78, 5) is 5.86. The normalized spacial score (nSPS) is 14.8. The summed E-state index contributed by atoms with van der Waals surface area (Å²) in [6.07, 6.45) is 4.06. The molecule has 1 aliphatic rings. The van der Waals surface area contributed by atoms with E-state index in [2.05, 4.69) is 10.2 Å². The van der Waals surface area contributed by atoms with Crippen LogP contribution in [0.15, 0.2) is 22.8 Å². The van der Waals surface area contributed by atoms with E-state index in [0.29, 0.717) is 10.7 Å². The van der Waals surface area contributed by atoms with Crippen LogP contribution in [-0.4, -0.2) is 19.7 Å². The fourth-order valence-electron chi connectivity index (χ4n) is 2.18. The summed E-state index contributed by atoms with van der Waals surface area (Å²) in [6.45, 7) is 0. The molecule has 0 saturated heterocycles. The average Bonchev–Trinajstić information content (AvgIpc) is 2.88. The van der Waals surface area contributed by atoms with Crippen LogP contribution in [0.2, 0.25) is 0 Å². The second-order valence-electron chi connectivity index (χ2n) is 4.90. The molecule has 4 rings (SSSR count). The number of aromatic amines is 1. The van der Waals surface area contributed by atoms with E-state index in [1.54, 1.807) is 17.6 Å². The molecule has 20 heavy (non-hydrogen) atoms. The second kappa shape index (κ2) is 4.39. The highest BCUT2D eigenvalue weighted by atomic mass is 32.1. The van der Waals surface area contributed by atoms with Gasteiger partial charge in [-0.2, -0.15) is 5.10 Å². The fourth-order valence-corrected chi connectivity index (χ4v) is 3.46. The van der Waals surface area contributed by atoms with Crippen LogP contribution in [0, 0.1) is 4.77 Å². The molecule has 0 spiro atoms. The Balaban J connectivity index is 1.90. The monoisotopic (exact) mass is 304 g/mol. The van der Waals surface area contributed by atoms with E-state index in [9.17, 15) is 0 Å². The Morgan fingerprint density at radius 2 is 2.35 bits per heavy atom. The summed E-state index contributed by atoms with van der Waals surface area (Å²) in [6, 6.07) is 3.81. The molecular formula is C13H12N4OS2. The number of thiazole rings is 1. The second-order valence-corrected chi connectivity index (χ2v) is 6.28. The van der Waals surface area contributed by atoms with Gasteiger partial charge in [-0.05, 0) is 37.2 Å². The van der Waals surface area contributed by atoms with E-state index in [4.69, 9.17) is 21.6 Å². The molecule has 0 bridgehead atoms. The van der Waals surface area contributed by atoms with Gasteiger partial charge in [-0.25, -0.2) is 4.98 Å². The zero-order valence-electron chi connectivity index (χ0n) is 10.8. The highest BCUT2D eigenvalue weighted by Crippen LogP contribution is 2.47. The van der Waals surface area contributed by atoms with Crippen molar-refractivity contribution >= 4 is 23.6 Å². The largest absolute Gasteiger partial charge is 0.462 e. The zero-order valence-corrected chi connectivity index (χ0v) is 12.4. The topological polar surface area (TPSA) is 59.6 Å². The van der Waals surface area contributed by atoms with Crippen LogP contribution >= 0.6 is 23.6 Å². The smallest absolute Gasteiger partial charge is 0.195 e. The lowest BCUT2D eigenvalue weighted by Crippen LogP contribution is -1.93. The summed E-state index contributed by atoms with van der Waals surface area (Å²) < 4.78 is 7.96. The van der Waals surface area contributed by atoms with Crippen molar-refractivity contribution in [3.63, 3.8) is 0 Å². The van der Waals surface area contributed by atoms with Crippen LogP contribution in [-0.2, 0) is 7.05 Å². The molecule has 0 aromatic carbocycles. The van der Waals surface area contributed by atoms with Gasteiger partial charge in [-0.15, -0.1) is 11.3 Å². The third-order valence-corrected chi connectivity index (χ3v) is 4.88. The van der Waals surface area contributed by atoms with Gasteiger partial charge in [-0.3, -0.25) is 5.10 Å². The maximum atomic E-state index is 5.45. The molecular weight excluding hydrogens is 292 g/mol. The Labute approximate surface area is 124 Å². The van der Waals surface area contributed by atoms with Crippen molar-refractivity contribution in [2.24, 2.45) is 7.05 Å². The highest BCUT2D eigenvalue weighted by molar-refractivity contribution is 7.71. The Hall–Kier alpha value is -1.73. The number of hydrogen-bond donors (Lipinski definition) is 1. The number of aromatic nitrogens is 4. The first-order valence-electron chi connectivity index (χ1n) is 6.40. The molecule has 3 aromatic rings. The number of nitrogens with zero attached hydrogens (tertiary/aromatic N) is 3. The quantitative estimate of drug-likeness (QED) is 0.749. The Morgan fingerprint density at radius 3 is 2.95 bits per heavy atom. The van der Waals surface area contributed by atoms with E-state index in [1.807, 2.05) is 23.7 Å². The van der Waals surface area contributed by atoms with Gasteiger partial charge in [0.15, 0.2) is 21.4 Å². The van der Waals surface area contributed by atoms with Gasteiger partial charge in [0.2, 0.25) is 0 Å². The minimum absolute atomic E-state index is 0.551. The molecule has 0 atom stereocenters. The molecule has 1 N–H and O–H groups in total. The number of nitrogens with one attached hydrogen (secondary N) is 1. The van der Waals surface area contributed by atoms with Gasteiger partial charge in [0, 0.05) is 13.0 Å². The lowest BCUT2D eigenvalue weighted by atomic mass is 10.2. The summed E-state index contributed by atoms with van der Waals surface area (Å²) in [5.41, 5.74) is 1.12. The van der Waals surface area contributed by atoms with Crippen LogP contribution in [0.25, 0.3) is 21.5 Å². The number of furan rings is 1. The van der Waals surface area contributed by atoms with Crippen LogP contribution < -0.4 is 0 Å². The molecule has 0 radical (unpaired) electrons. The van der Waals surface area contributed by atoms with E-state index in [1.165, 1.54) is 12.8 Å². The zero-order chi connectivity index (χ0) is 13.7. The van der Waals surface area contributed by atoms with Crippen LogP contribution in [0.3, 0.4) is 0 Å². The van der Waals surface area contributed by atoms with Crippen molar-refractivity contribution in [2.45, 2.75) is 18.8 Å². The van der Waals surface area contributed by atoms with Gasteiger partial charge in [0.05, 0.1) is 16.8 Å². The molecule has 0 aliphatic heterocycles. The van der Waals surface area contributed by atoms with Gasteiger partial charge in [-0.1, -0.05) is 0 Å². The molecule has 7 heteroatoms. The number of rotatable bonds is 3. The minimum Gasteiger partial charge on any atom is -0.462 e. The molecule has 5 nitrogen and oxygen atoms in total. The van der Waals surface area contributed by atoms with E-state index >= 15 is 0 Å². The highest BCUT2D eigenvalue weighted by Gasteiger charge is 2.32. The molecule has 102 valence electrons. The lowest BCUT2D eigenvalue weighted by Gasteiger charge is -1.99. The van der Waals surface area contributed by atoms with E-state index in [0.717, 1.165) is 27.2 Å². The first-order valence-corrected chi connectivity index (χ1v) is 7.63. The van der Waals surface area contributed by atoms with Crippen LogP contribution in [0.4, 0.5) is 0 Å². The molecule has 1 fully saturated rings. The van der Waals surface area contributed by atoms with Crippen molar-refractivity contribution in [3.8, 4) is 21.5 Å². The third-order valence-electron chi connectivity index (χ3n) is 3.43. The Bertz CT molecular complexity index is 808. The predicted molar refractivity (Wildman–Crippen MR) is 79.2 cm³/mol. The molecule has 0 unspecified atom stereocenters. The van der Waals surface area contributed by atoms with Crippen molar-refractivity contribution in [1.82, 2.24) is 19.7 Å². The first kappa shape index (κ1) is 12.0. The molecule has 1 aliphatic carbocycles. The SMILES string of the molecule is Cn1c(-c2sc(-c3ccco3)nc2C2CC2)n[nH]c1=S. The summed E-state index contributed by atoms with van der Waals surface area (Å²) >= 11 is 6.81. The Morgan fingerprint density at radius 1 is 1.50 bits per heavy atom. The summed E-state index contributed by atoms with van der Waals surface area (Å²) in [5, 5.41) is 8.08. The maximum absolute atomic E-state index is 5.45. The van der Waals surface area contributed by atoms with Crippen molar-refractivity contribution < 1.29 is 4.42 Å². The molecule has 3 heterocycles. The third kappa shape index (κ3) is 1.85. The number of H-pyrrole nitrogens is 1. The lowest BCUT2D eigenvalue weighted by molar-refractivity contribution is 0.581. The minimum atomic E-state index is 0.551. The Kier molecular flexibility index (Phi) is 2.64. The van der Waals surface area contributed by atoms with Gasteiger partial charge >= 0.3 is 0 Å². The maximum Gasteiger partial charge on any atom is 0.195 e. The van der Waals surface area contributed by atoms with Crippen molar-refractivity contribution in [1.29, 1.82) is 0 Å². The van der Waals surface area contributed by atoms with E-state index in [-0.39, 0.29) is 0 Å². The van der Waals surface area contributed by atoms with Gasteiger partial charge < -0.3 is 8.98 Å². The van der Waals surface area contributed by atoms with Crippen LogP contribution in [0.5, 0.6) is 0 Å². The standard InChI is InChI=1S/C13H12N4OS2/c1-17-11(15-16-13(17)19)10-9(7-4-5-7)14-12(20-10)8-3-2-6-18-8/h2-3,6-7H,4-5H2,1H3,(H,16,19).